The van der Waals surface area contributed by atoms with E-state index in [1.807, 2.05) is 0 Å². The Morgan fingerprint density at radius 2 is 2.05 bits per heavy atom. The third-order valence-corrected chi connectivity index (χ3v) is 3.84. The predicted molar refractivity (Wildman–Crippen MR) is 79.4 cm³/mol. The molecule has 1 saturated heterocycles. The summed E-state index contributed by atoms with van der Waals surface area (Å²) in [7, 11) is 3.54. The molecular formula is C15H22N4O2. The number of carbonyl (C=O) groups is 2. The quantitative estimate of drug-likeness (QED) is 0.878. The van der Waals surface area contributed by atoms with Crippen molar-refractivity contribution in [2.75, 3.05) is 27.2 Å². The highest BCUT2D eigenvalue weighted by molar-refractivity contribution is 5.94. The van der Waals surface area contributed by atoms with Gasteiger partial charge in [0.15, 0.2) is 0 Å². The number of carbonyl (C=O) groups excluding carboxylic acids is 2. The summed E-state index contributed by atoms with van der Waals surface area (Å²) < 4.78 is 0. The number of piperidine rings is 1. The molecule has 21 heavy (non-hydrogen) atoms. The number of amides is 2. The zero-order chi connectivity index (χ0) is 15.4. The molecule has 114 valence electrons. The first-order valence-corrected chi connectivity index (χ1v) is 7.18. The van der Waals surface area contributed by atoms with Crippen LogP contribution in [-0.2, 0) is 11.3 Å². The number of hydrogen-bond acceptors (Lipinski definition) is 4. The van der Waals surface area contributed by atoms with Gasteiger partial charge in [-0.2, -0.15) is 0 Å². The second-order valence-electron chi connectivity index (χ2n) is 5.54. The molecule has 1 aromatic heterocycles. The van der Waals surface area contributed by atoms with E-state index in [4.69, 9.17) is 5.73 Å². The standard InChI is InChI=1S/C15H22N4O2/c1-18(2)14(20)11-4-7-19(8-5-11)15(21)12-3-6-17-13(9-12)10-16/h3,6,9,11H,4-5,7-8,10,16H2,1-2H3. The molecule has 1 aliphatic heterocycles. The van der Waals surface area contributed by atoms with Crippen LogP contribution in [-0.4, -0.2) is 53.8 Å². The molecule has 0 aromatic carbocycles. The zero-order valence-electron chi connectivity index (χ0n) is 12.6. The molecule has 1 aliphatic rings. The van der Waals surface area contributed by atoms with Crippen LogP contribution in [0.15, 0.2) is 18.3 Å². The van der Waals surface area contributed by atoms with Gasteiger partial charge < -0.3 is 15.5 Å². The Balaban J connectivity index is 1.98. The summed E-state index contributed by atoms with van der Waals surface area (Å²) in [6, 6.07) is 3.44. The maximum atomic E-state index is 12.4. The Kier molecular flexibility index (Phi) is 4.90. The summed E-state index contributed by atoms with van der Waals surface area (Å²) in [5, 5.41) is 0. The number of nitrogens with two attached hydrogens (primary N) is 1. The molecule has 0 aliphatic carbocycles. The summed E-state index contributed by atoms with van der Waals surface area (Å²) in [5.74, 6) is 0.167. The van der Waals surface area contributed by atoms with E-state index >= 15 is 0 Å². The second-order valence-corrected chi connectivity index (χ2v) is 5.54. The average Bonchev–Trinajstić information content (AvgIpc) is 2.53. The minimum absolute atomic E-state index is 0.0112. The van der Waals surface area contributed by atoms with Crippen molar-refractivity contribution in [3.8, 4) is 0 Å². The van der Waals surface area contributed by atoms with Crippen LogP contribution in [0, 0.1) is 5.92 Å². The van der Waals surface area contributed by atoms with Crippen LogP contribution in [0.3, 0.4) is 0 Å². The summed E-state index contributed by atoms with van der Waals surface area (Å²) >= 11 is 0. The highest BCUT2D eigenvalue weighted by Gasteiger charge is 2.28. The lowest BCUT2D eigenvalue weighted by Crippen LogP contribution is -2.42. The highest BCUT2D eigenvalue weighted by Crippen LogP contribution is 2.20. The molecule has 1 fully saturated rings. The third kappa shape index (κ3) is 3.58. The van der Waals surface area contributed by atoms with E-state index < -0.39 is 0 Å². The molecule has 0 spiro atoms. The van der Waals surface area contributed by atoms with Crippen LogP contribution < -0.4 is 5.73 Å². The fraction of sp³-hybridized carbons (Fsp3) is 0.533. The lowest BCUT2D eigenvalue weighted by molar-refractivity contribution is -0.134. The van der Waals surface area contributed by atoms with E-state index in [2.05, 4.69) is 4.98 Å². The zero-order valence-corrected chi connectivity index (χ0v) is 12.6. The number of nitrogens with zero attached hydrogens (tertiary/aromatic N) is 3. The Morgan fingerprint density at radius 1 is 1.38 bits per heavy atom. The molecule has 0 bridgehead atoms. The van der Waals surface area contributed by atoms with Gasteiger partial charge in [0.1, 0.15) is 0 Å². The summed E-state index contributed by atoms with van der Waals surface area (Å²) in [5.41, 5.74) is 6.87. The Bertz CT molecular complexity index is 522. The van der Waals surface area contributed by atoms with Crippen LogP contribution in [0.1, 0.15) is 28.9 Å². The monoisotopic (exact) mass is 290 g/mol. The lowest BCUT2D eigenvalue weighted by Gasteiger charge is -2.32. The topological polar surface area (TPSA) is 79.5 Å². The van der Waals surface area contributed by atoms with E-state index in [0.29, 0.717) is 30.9 Å². The molecule has 2 N–H and O–H groups in total. The minimum Gasteiger partial charge on any atom is -0.349 e. The molecule has 1 aromatic rings. The maximum absolute atomic E-state index is 12.4. The Hall–Kier alpha value is -1.95. The first-order valence-electron chi connectivity index (χ1n) is 7.18. The molecule has 2 heterocycles. The van der Waals surface area contributed by atoms with Gasteiger partial charge in [-0.15, -0.1) is 0 Å². The van der Waals surface area contributed by atoms with Crippen molar-refractivity contribution in [1.29, 1.82) is 0 Å². The maximum Gasteiger partial charge on any atom is 0.253 e. The van der Waals surface area contributed by atoms with Crippen molar-refractivity contribution in [3.63, 3.8) is 0 Å². The predicted octanol–water partition coefficient (Wildman–Crippen LogP) is 0.481. The molecular weight excluding hydrogens is 268 g/mol. The molecule has 6 nitrogen and oxygen atoms in total. The minimum atomic E-state index is -0.0112. The van der Waals surface area contributed by atoms with Crippen LogP contribution in [0.5, 0.6) is 0 Å². The van der Waals surface area contributed by atoms with Gasteiger partial charge in [0.25, 0.3) is 5.91 Å². The SMILES string of the molecule is CN(C)C(=O)C1CCN(C(=O)c2ccnc(CN)c2)CC1. The second kappa shape index (κ2) is 6.67. The molecule has 2 amide bonds. The molecule has 0 unspecified atom stereocenters. The van der Waals surface area contributed by atoms with E-state index in [0.717, 1.165) is 12.8 Å². The van der Waals surface area contributed by atoms with Gasteiger partial charge in [-0.25, -0.2) is 0 Å². The van der Waals surface area contributed by atoms with Crippen LogP contribution in [0.25, 0.3) is 0 Å². The average molecular weight is 290 g/mol. The van der Waals surface area contributed by atoms with E-state index in [-0.39, 0.29) is 17.7 Å². The largest absolute Gasteiger partial charge is 0.349 e. The van der Waals surface area contributed by atoms with E-state index in [1.165, 1.54) is 0 Å². The van der Waals surface area contributed by atoms with Crippen LogP contribution >= 0.6 is 0 Å². The van der Waals surface area contributed by atoms with Crippen molar-refractivity contribution in [1.82, 2.24) is 14.8 Å². The molecule has 0 atom stereocenters. The molecule has 6 heteroatoms. The normalized spacial score (nSPS) is 15.9. The summed E-state index contributed by atoms with van der Waals surface area (Å²) in [6.07, 6.45) is 3.05. The summed E-state index contributed by atoms with van der Waals surface area (Å²) in [4.78, 5) is 31.9. The number of likely N-dealkylation sites (tertiary alicyclic amines) is 1. The van der Waals surface area contributed by atoms with Crippen molar-refractivity contribution in [3.05, 3.63) is 29.6 Å². The molecule has 2 rings (SSSR count). The Morgan fingerprint density at radius 3 is 2.62 bits per heavy atom. The number of aromatic nitrogens is 1. The number of pyridine rings is 1. The van der Waals surface area contributed by atoms with Crippen molar-refractivity contribution >= 4 is 11.8 Å². The molecule has 0 saturated carbocycles. The lowest BCUT2D eigenvalue weighted by atomic mass is 9.95. The molecule has 0 radical (unpaired) electrons. The van der Waals surface area contributed by atoms with Gasteiger partial charge in [-0.1, -0.05) is 0 Å². The smallest absolute Gasteiger partial charge is 0.253 e. The fourth-order valence-electron chi connectivity index (χ4n) is 2.60. The van der Waals surface area contributed by atoms with Crippen LogP contribution in [0.2, 0.25) is 0 Å². The van der Waals surface area contributed by atoms with Gasteiger partial charge in [0.05, 0.1) is 5.69 Å². The van der Waals surface area contributed by atoms with Gasteiger partial charge >= 0.3 is 0 Å². The van der Waals surface area contributed by atoms with Gasteiger partial charge in [0, 0.05) is 51.4 Å². The number of rotatable bonds is 3. The van der Waals surface area contributed by atoms with Gasteiger partial charge in [0.2, 0.25) is 5.91 Å². The summed E-state index contributed by atoms with van der Waals surface area (Å²) in [6.45, 7) is 1.55. The first kappa shape index (κ1) is 15.4. The fourth-order valence-corrected chi connectivity index (χ4v) is 2.60. The number of hydrogen-bond donors (Lipinski definition) is 1. The van der Waals surface area contributed by atoms with Gasteiger partial charge in [-0.05, 0) is 25.0 Å². The van der Waals surface area contributed by atoms with E-state index in [9.17, 15) is 9.59 Å². The highest BCUT2D eigenvalue weighted by atomic mass is 16.2. The van der Waals surface area contributed by atoms with Crippen molar-refractivity contribution < 1.29 is 9.59 Å². The van der Waals surface area contributed by atoms with Crippen molar-refractivity contribution in [2.24, 2.45) is 11.7 Å². The van der Waals surface area contributed by atoms with Crippen molar-refractivity contribution in [2.45, 2.75) is 19.4 Å². The third-order valence-electron chi connectivity index (χ3n) is 3.84. The Labute approximate surface area is 124 Å². The van der Waals surface area contributed by atoms with Gasteiger partial charge in [-0.3, -0.25) is 14.6 Å². The van der Waals surface area contributed by atoms with Crippen LogP contribution in [0.4, 0.5) is 0 Å². The van der Waals surface area contributed by atoms with E-state index in [1.54, 1.807) is 42.2 Å². The first-order chi connectivity index (χ1) is 10.0.